The minimum Gasteiger partial charge on any atom is -0.449 e. The van der Waals surface area contributed by atoms with Crippen molar-refractivity contribution in [2.24, 2.45) is 5.41 Å². The van der Waals surface area contributed by atoms with Gasteiger partial charge < -0.3 is 14.5 Å². The number of piperazine rings is 1. The Bertz CT molecular complexity index is 436. The van der Waals surface area contributed by atoms with Gasteiger partial charge in [0.15, 0.2) is 0 Å². The summed E-state index contributed by atoms with van der Waals surface area (Å²) in [5, 5.41) is 0. The van der Waals surface area contributed by atoms with Crippen molar-refractivity contribution in [3.63, 3.8) is 0 Å². The lowest BCUT2D eigenvalue weighted by Gasteiger charge is -2.34. The number of aromatic nitrogens is 2. The Labute approximate surface area is 119 Å². The summed E-state index contributed by atoms with van der Waals surface area (Å²) < 4.78 is 5.32. The van der Waals surface area contributed by atoms with Gasteiger partial charge in [-0.05, 0) is 11.5 Å². The minimum absolute atomic E-state index is 0.00460. The van der Waals surface area contributed by atoms with Gasteiger partial charge in [-0.15, -0.1) is 0 Å². The van der Waals surface area contributed by atoms with E-state index in [1.807, 2.05) is 20.8 Å². The molecule has 1 saturated heterocycles. The van der Waals surface area contributed by atoms with E-state index in [1.54, 1.807) is 23.4 Å². The lowest BCUT2D eigenvalue weighted by Crippen LogP contribution is -2.49. The highest BCUT2D eigenvalue weighted by molar-refractivity contribution is 5.68. The zero-order valence-corrected chi connectivity index (χ0v) is 12.4. The highest BCUT2D eigenvalue weighted by atomic mass is 16.6. The van der Waals surface area contributed by atoms with Gasteiger partial charge in [0.05, 0.1) is 6.61 Å². The molecule has 0 bridgehead atoms. The smallest absolute Gasteiger partial charge is 0.409 e. The van der Waals surface area contributed by atoms with Crippen LogP contribution in [0.1, 0.15) is 20.8 Å². The molecule has 2 heterocycles. The number of hydrogen-bond acceptors (Lipinski definition) is 5. The maximum Gasteiger partial charge on any atom is 0.409 e. The molecule has 0 N–H and O–H groups in total. The summed E-state index contributed by atoms with van der Waals surface area (Å²) in [6, 6.07) is 1.80. The number of nitrogens with zero attached hydrogens (tertiary/aromatic N) is 4. The zero-order valence-electron chi connectivity index (χ0n) is 12.4. The standard InChI is InChI=1S/C14H22N4O2/c1-14(2,3)11-20-13(19)18-9-7-17(8-10-18)12-15-5-4-6-16-12/h4-6H,7-11H2,1-3H3. The molecule has 1 aromatic rings. The third kappa shape index (κ3) is 4.08. The number of rotatable bonds is 2. The highest BCUT2D eigenvalue weighted by Crippen LogP contribution is 2.15. The molecule has 1 aromatic heterocycles. The van der Waals surface area contributed by atoms with Crippen molar-refractivity contribution in [3.05, 3.63) is 18.5 Å². The van der Waals surface area contributed by atoms with Gasteiger partial charge in [0, 0.05) is 38.6 Å². The summed E-state index contributed by atoms with van der Waals surface area (Å²) in [4.78, 5) is 24.2. The monoisotopic (exact) mass is 278 g/mol. The second kappa shape index (κ2) is 6.07. The summed E-state index contributed by atoms with van der Waals surface area (Å²) in [5.41, 5.74) is -0.00460. The Morgan fingerprint density at radius 2 is 1.80 bits per heavy atom. The molecule has 6 nitrogen and oxygen atoms in total. The molecule has 1 amide bonds. The Hall–Kier alpha value is -1.85. The molecule has 0 aliphatic carbocycles. The van der Waals surface area contributed by atoms with Crippen LogP contribution in [0.5, 0.6) is 0 Å². The van der Waals surface area contributed by atoms with Crippen molar-refractivity contribution in [3.8, 4) is 0 Å². The Morgan fingerprint density at radius 1 is 1.20 bits per heavy atom. The summed E-state index contributed by atoms with van der Waals surface area (Å²) in [6.45, 7) is 9.32. The van der Waals surface area contributed by atoms with Crippen LogP contribution in [0.2, 0.25) is 0 Å². The van der Waals surface area contributed by atoms with E-state index >= 15 is 0 Å². The van der Waals surface area contributed by atoms with Crippen molar-refractivity contribution in [1.29, 1.82) is 0 Å². The highest BCUT2D eigenvalue weighted by Gasteiger charge is 2.24. The second-order valence-electron chi connectivity index (χ2n) is 6.14. The van der Waals surface area contributed by atoms with Crippen LogP contribution >= 0.6 is 0 Å². The normalized spacial score (nSPS) is 16.1. The second-order valence-corrected chi connectivity index (χ2v) is 6.14. The molecular formula is C14H22N4O2. The van der Waals surface area contributed by atoms with Crippen molar-refractivity contribution in [1.82, 2.24) is 14.9 Å². The molecule has 0 spiro atoms. The molecule has 0 saturated carbocycles. The lowest BCUT2D eigenvalue weighted by atomic mass is 9.99. The first kappa shape index (κ1) is 14.6. The summed E-state index contributed by atoms with van der Waals surface area (Å²) in [5.74, 6) is 0.718. The van der Waals surface area contributed by atoms with E-state index in [0.717, 1.165) is 19.0 Å². The first-order valence-corrected chi connectivity index (χ1v) is 6.89. The molecule has 0 unspecified atom stereocenters. The summed E-state index contributed by atoms with van der Waals surface area (Å²) >= 11 is 0. The number of hydrogen-bond donors (Lipinski definition) is 0. The topological polar surface area (TPSA) is 58.6 Å². The molecule has 6 heteroatoms. The van der Waals surface area contributed by atoms with Gasteiger partial charge in [0.1, 0.15) is 0 Å². The number of carbonyl (C=O) groups is 1. The largest absolute Gasteiger partial charge is 0.449 e. The Balaban J connectivity index is 1.81. The van der Waals surface area contributed by atoms with E-state index in [4.69, 9.17) is 4.74 Å². The molecule has 1 aliphatic rings. The maximum atomic E-state index is 11.9. The molecule has 0 atom stereocenters. The van der Waals surface area contributed by atoms with E-state index in [0.29, 0.717) is 19.7 Å². The quantitative estimate of drug-likeness (QED) is 0.825. The van der Waals surface area contributed by atoms with Crippen LogP contribution in [0, 0.1) is 5.41 Å². The molecule has 20 heavy (non-hydrogen) atoms. The fraction of sp³-hybridized carbons (Fsp3) is 0.643. The number of anilines is 1. The third-order valence-electron chi connectivity index (χ3n) is 3.00. The maximum absolute atomic E-state index is 11.9. The fourth-order valence-corrected chi connectivity index (χ4v) is 1.91. The van der Waals surface area contributed by atoms with Gasteiger partial charge in [-0.1, -0.05) is 20.8 Å². The van der Waals surface area contributed by atoms with Crippen LogP contribution in [-0.4, -0.2) is 53.7 Å². The van der Waals surface area contributed by atoms with Crippen LogP contribution in [-0.2, 0) is 4.74 Å². The minimum atomic E-state index is -0.228. The van der Waals surface area contributed by atoms with E-state index in [2.05, 4.69) is 14.9 Å². The van der Waals surface area contributed by atoms with Gasteiger partial charge in [0.25, 0.3) is 0 Å². The van der Waals surface area contributed by atoms with E-state index in [9.17, 15) is 4.79 Å². The van der Waals surface area contributed by atoms with Crippen LogP contribution in [0.4, 0.5) is 10.7 Å². The first-order valence-electron chi connectivity index (χ1n) is 6.89. The van der Waals surface area contributed by atoms with Crippen LogP contribution in [0.3, 0.4) is 0 Å². The molecule has 110 valence electrons. The lowest BCUT2D eigenvalue weighted by molar-refractivity contribution is 0.0707. The first-order chi connectivity index (χ1) is 9.46. The van der Waals surface area contributed by atoms with Gasteiger partial charge >= 0.3 is 6.09 Å². The number of carbonyl (C=O) groups excluding carboxylic acids is 1. The van der Waals surface area contributed by atoms with E-state index < -0.39 is 0 Å². The third-order valence-corrected chi connectivity index (χ3v) is 3.00. The summed E-state index contributed by atoms with van der Waals surface area (Å²) in [6.07, 6.45) is 3.23. The van der Waals surface area contributed by atoms with E-state index in [-0.39, 0.29) is 11.5 Å². The average molecular weight is 278 g/mol. The zero-order chi connectivity index (χ0) is 14.6. The number of ether oxygens (including phenoxy) is 1. The van der Waals surface area contributed by atoms with Crippen molar-refractivity contribution in [2.45, 2.75) is 20.8 Å². The van der Waals surface area contributed by atoms with Gasteiger partial charge in [-0.3, -0.25) is 0 Å². The summed E-state index contributed by atoms with van der Waals surface area (Å²) in [7, 11) is 0. The van der Waals surface area contributed by atoms with Gasteiger partial charge in [-0.25, -0.2) is 14.8 Å². The van der Waals surface area contributed by atoms with Gasteiger partial charge in [-0.2, -0.15) is 0 Å². The van der Waals surface area contributed by atoms with Crippen LogP contribution in [0.25, 0.3) is 0 Å². The Kier molecular flexibility index (Phi) is 4.42. The molecule has 0 radical (unpaired) electrons. The van der Waals surface area contributed by atoms with Crippen LogP contribution < -0.4 is 4.90 Å². The SMILES string of the molecule is CC(C)(C)COC(=O)N1CCN(c2ncccn2)CC1. The Morgan fingerprint density at radius 3 is 2.35 bits per heavy atom. The van der Waals surface area contributed by atoms with Gasteiger partial charge in [0.2, 0.25) is 5.95 Å². The van der Waals surface area contributed by atoms with E-state index in [1.165, 1.54) is 0 Å². The van der Waals surface area contributed by atoms with Crippen molar-refractivity contribution in [2.75, 3.05) is 37.7 Å². The van der Waals surface area contributed by atoms with Crippen molar-refractivity contribution >= 4 is 12.0 Å². The van der Waals surface area contributed by atoms with Crippen molar-refractivity contribution < 1.29 is 9.53 Å². The molecule has 1 aliphatic heterocycles. The predicted octanol–water partition coefficient (Wildman–Crippen LogP) is 1.78. The predicted molar refractivity (Wildman–Crippen MR) is 76.6 cm³/mol. The molecular weight excluding hydrogens is 256 g/mol. The average Bonchev–Trinajstić information content (AvgIpc) is 2.45. The fourth-order valence-electron chi connectivity index (χ4n) is 1.91. The molecule has 0 aromatic carbocycles. The van der Waals surface area contributed by atoms with Crippen LogP contribution in [0.15, 0.2) is 18.5 Å². The molecule has 2 rings (SSSR count). The molecule has 1 fully saturated rings. The number of amides is 1.